The van der Waals surface area contributed by atoms with Crippen LogP contribution in [0.2, 0.25) is 0 Å². The number of nitro groups is 1. The van der Waals surface area contributed by atoms with Crippen molar-refractivity contribution in [2.75, 3.05) is 0 Å². The van der Waals surface area contributed by atoms with Gasteiger partial charge in [-0.25, -0.2) is 4.98 Å². The molecule has 7 heteroatoms. The maximum absolute atomic E-state index is 10.8. The number of non-ortho nitro benzene ring substituents is 1. The van der Waals surface area contributed by atoms with Crippen molar-refractivity contribution in [1.29, 1.82) is 0 Å². The maximum atomic E-state index is 10.8. The predicted molar refractivity (Wildman–Crippen MR) is 90.0 cm³/mol. The number of hydrogen-bond donors (Lipinski definition) is 0. The molecule has 0 radical (unpaired) electrons. The van der Waals surface area contributed by atoms with Crippen molar-refractivity contribution in [2.45, 2.75) is 58.0 Å². The quantitative estimate of drug-likeness (QED) is 0.557. The van der Waals surface area contributed by atoms with Gasteiger partial charge in [0.1, 0.15) is 12.0 Å². The van der Waals surface area contributed by atoms with Crippen molar-refractivity contribution in [3.05, 3.63) is 57.8 Å². The van der Waals surface area contributed by atoms with E-state index in [1.807, 2.05) is 13.0 Å². The fourth-order valence-electron chi connectivity index (χ4n) is 3.06. The van der Waals surface area contributed by atoms with Crippen molar-refractivity contribution < 1.29 is 18.8 Å². The molecule has 1 fully saturated rings. The number of nitrogens with zero attached hydrogens (tertiary/aromatic N) is 2. The van der Waals surface area contributed by atoms with Gasteiger partial charge >= 0.3 is 0 Å². The zero-order valence-corrected chi connectivity index (χ0v) is 14.2. The first-order chi connectivity index (χ1) is 12.1. The smallest absolute Gasteiger partial charge is 0.269 e. The van der Waals surface area contributed by atoms with Crippen molar-refractivity contribution in [2.24, 2.45) is 0 Å². The molecule has 1 aliphatic rings. The van der Waals surface area contributed by atoms with E-state index >= 15 is 0 Å². The van der Waals surface area contributed by atoms with Gasteiger partial charge in [-0.1, -0.05) is 12.1 Å². The monoisotopic (exact) mass is 346 g/mol. The third-order valence-corrected chi connectivity index (χ3v) is 4.32. The highest BCUT2D eigenvalue weighted by molar-refractivity contribution is 5.33. The Balaban J connectivity index is 1.46. The number of oxazole rings is 1. The van der Waals surface area contributed by atoms with E-state index in [2.05, 4.69) is 4.98 Å². The van der Waals surface area contributed by atoms with Crippen LogP contribution in [0, 0.1) is 17.0 Å². The number of aromatic nitrogens is 1. The Hall–Kier alpha value is -2.25. The van der Waals surface area contributed by atoms with Crippen LogP contribution in [0.25, 0.3) is 0 Å². The molecule has 0 unspecified atom stereocenters. The molecule has 2 atom stereocenters. The van der Waals surface area contributed by atoms with Gasteiger partial charge in [0, 0.05) is 19.1 Å². The van der Waals surface area contributed by atoms with Gasteiger partial charge in [-0.05, 0) is 31.2 Å². The van der Waals surface area contributed by atoms with Crippen LogP contribution in [0.1, 0.15) is 42.8 Å². The topological polar surface area (TPSA) is 87.6 Å². The van der Waals surface area contributed by atoms with Crippen LogP contribution >= 0.6 is 0 Å². The summed E-state index contributed by atoms with van der Waals surface area (Å²) >= 11 is 0. The minimum atomic E-state index is -0.389. The number of aryl methyl sites for hydroxylation is 1. The lowest BCUT2D eigenvalue weighted by Gasteiger charge is -2.29. The summed E-state index contributed by atoms with van der Waals surface area (Å²) in [4.78, 5) is 14.7. The first-order valence-electron chi connectivity index (χ1n) is 8.47. The predicted octanol–water partition coefficient (Wildman–Crippen LogP) is 3.94. The fourth-order valence-corrected chi connectivity index (χ4v) is 3.06. The number of rotatable bonds is 7. The van der Waals surface area contributed by atoms with Crippen LogP contribution in [0.4, 0.5) is 5.69 Å². The molecule has 1 saturated carbocycles. The van der Waals surface area contributed by atoms with Crippen LogP contribution in [0.15, 0.2) is 34.9 Å². The molecule has 1 heterocycles. The summed E-state index contributed by atoms with van der Waals surface area (Å²) < 4.78 is 17.1. The van der Waals surface area contributed by atoms with Gasteiger partial charge in [0.25, 0.3) is 5.69 Å². The van der Waals surface area contributed by atoms with Gasteiger partial charge in [-0.2, -0.15) is 0 Å². The molecule has 1 aromatic heterocycles. The van der Waals surface area contributed by atoms with Gasteiger partial charge in [0.05, 0.1) is 30.3 Å². The Bertz CT molecular complexity index is 715. The lowest BCUT2D eigenvalue weighted by atomic mass is 9.95. The first kappa shape index (κ1) is 17.6. The Morgan fingerprint density at radius 1 is 1.28 bits per heavy atom. The van der Waals surface area contributed by atoms with E-state index in [1.165, 1.54) is 6.07 Å². The van der Waals surface area contributed by atoms with E-state index in [0.717, 1.165) is 36.9 Å². The average Bonchev–Trinajstić information content (AvgIpc) is 3.04. The third kappa shape index (κ3) is 5.11. The van der Waals surface area contributed by atoms with Crippen molar-refractivity contribution in [3.8, 4) is 0 Å². The van der Waals surface area contributed by atoms with Crippen molar-refractivity contribution in [1.82, 2.24) is 4.98 Å². The molecule has 25 heavy (non-hydrogen) atoms. The molecular formula is C18H22N2O5. The normalized spacial score (nSPS) is 20.5. The SMILES string of the molecule is Cc1nc(CO[C@H]2CCC[C@@H](OCc3cccc([N+](=O)[O-])c3)C2)co1. The fraction of sp³-hybridized carbons (Fsp3) is 0.500. The summed E-state index contributed by atoms with van der Waals surface area (Å²) in [5.74, 6) is 0.639. The van der Waals surface area contributed by atoms with E-state index < -0.39 is 0 Å². The minimum Gasteiger partial charge on any atom is -0.449 e. The van der Waals surface area contributed by atoms with Crippen LogP contribution in [-0.4, -0.2) is 22.1 Å². The summed E-state index contributed by atoms with van der Waals surface area (Å²) in [6.45, 7) is 2.63. The maximum Gasteiger partial charge on any atom is 0.269 e. The van der Waals surface area contributed by atoms with Gasteiger partial charge in [-0.3, -0.25) is 10.1 Å². The van der Waals surface area contributed by atoms with Crippen molar-refractivity contribution >= 4 is 5.69 Å². The standard InChI is InChI=1S/C18H22N2O5/c1-13-19-15(11-23-13)12-25-18-7-3-6-17(9-18)24-10-14-4-2-5-16(8-14)20(21)22/h2,4-5,8,11,17-18H,3,6-7,9-10,12H2,1H3/t17-,18+/m1/s1. The zero-order chi connectivity index (χ0) is 17.6. The number of hydrogen-bond acceptors (Lipinski definition) is 6. The van der Waals surface area contributed by atoms with Crippen LogP contribution in [-0.2, 0) is 22.7 Å². The second kappa shape index (κ2) is 8.22. The second-order valence-electron chi connectivity index (χ2n) is 6.32. The third-order valence-electron chi connectivity index (χ3n) is 4.32. The molecule has 0 saturated heterocycles. The molecule has 0 bridgehead atoms. The second-order valence-corrected chi connectivity index (χ2v) is 6.32. The van der Waals surface area contributed by atoms with E-state index in [0.29, 0.717) is 19.1 Å². The van der Waals surface area contributed by atoms with Gasteiger partial charge in [0.15, 0.2) is 5.89 Å². The molecule has 134 valence electrons. The molecule has 1 aliphatic carbocycles. The summed E-state index contributed by atoms with van der Waals surface area (Å²) in [6.07, 6.45) is 5.73. The summed E-state index contributed by atoms with van der Waals surface area (Å²) in [6, 6.07) is 6.57. The van der Waals surface area contributed by atoms with Crippen LogP contribution < -0.4 is 0 Å². The summed E-state index contributed by atoms with van der Waals surface area (Å²) in [5, 5.41) is 10.8. The highest BCUT2D eigenvalue weighted by Gasteiger charge is 2.23. The van der Waals surface area contributed by atoms with Crippen molar-refractivity contribution in [3.63, 3.8) is 0 Å². The largest absolute Gasteiger partial charge is 0.449 e. The molecule has 1 aromatic carbocycles. The minimum absolute atomic E-state index is 0.0915. The van der Waals surface area contributed by atoms with Crippen LogP contribution in [0.3, 0.4) is 0 Å². The lowest BCUT2D eigenvalue weighted by Crippen LogP contribution is -2.28. The Labute approximate surface area is 146 Å². The summed E-state index contributed by atoms with van der Waals surface area (Å²) in [5.41, 5.74) is 1.71. The molecule has 2 aromatic rings. The van der Waals surface area contributed by atoms with Crippen LogP contribution in [0.5, 0.6) is 0 Å². The average molecular weight is 346 g/mol. The van der Waals surface area contributed by atoms with E-state index in [1.54, 1.807) is 18.4 Å². The number of ether oxygens (including phenoxy) is 2. The van der Waals surface area contributed by atoms with E-state index in [9.17, 15) is 10.1 Å². The summed E-state index contributed by atoms with van der Waals surface area (Å²) in [7, 11) is 0. The van der Waals surface area contributed by atoms with E-state index in [-0.39, 0.29) is 22.8 Å². The Kier molecular flexibility index (Phi) is 5.78. The van der Waals surface area contributed by atoms with E-state index in [4.69, 9.17) is 13.9 Å². The number of nitro benzene ring substituents is 1. The molecule has 0 N–H and O–H groups in total. The zero-order valence-electron chi connectivity index (χ0n) is 14.2. The first-order valence-corrected chi connectivity index (χ1v) is 8.47. The molecular weight excluding hydrogens is 324 g/mol. The van der Waals surface area contributed by atoms with Gasteiger partial charge < -0.3 is 13.9 Å². The molecule has 0 aliphatic heterocycles. The Morgan fingerprint density at radius 3 is 2.72 bits per heavy atom. The van der Waals surface area contributed by atoms with Gasteiger partial charge in [-0.15, -0.1) is 0 Å². The van der Waals surface area contributed by atoms with Gasteiger partial charge in [0.2, 0.25) is 0 Å². The highest BCUT2D eigenvalue weighted by Crippen LogP contribution is 2.25. The highest BCUT2D eigenvalue weighted by atomic mass is 16.6. The molecule has 7 nitrogen and oxygen atoms in total. The molecule has 0 amide bonds. The molecule has 0 spiro atoms. The molecule has 3 rings (SSSR count). The Morgan fingerprint density at radius 2 is 2.04 bits per heavy atom. The number of benzene rings is 1. The lowest BCUT2D eigenvalue weighted by molar-refractivity contribution is -0.385.